The highest BCUT2D eigenvalue weighted by Gasteiger charge is 2.27. The largest absolute Gasteiger partial charge is 0.497 e. The van der Waals surface area contributed by atoms with Gasteiger partial charge in [-0.1, -0.05) is 19.8 Å². The third-order valence-electron chi connectivity index (χ3n) is 5.39. The molecule has 1 aliphatic heterocycles. The molecule has 0 bridgehead atoms. The van der Waals surface area contributed by atoms with Crippen LogP contribution in [-0.2, 0) is 22.4 Å². The molecule has 1 unspecified atom stereocenters. The molecule has 0 N–H and O–H groups in total. The molecule has 4 nitrogen and oxygen atoms in total. The number of aryl methyl sites for hydroxylation is 1. The van der Waals surface area contributed by atoms with Gasteiger partial charge in [0.15, 0.2) is 0 Å². The number of hydrogen-bond donors (Lipinski definition) is 0. The third-order valence-corrected chi connectivity index (χ3v) is 5.39. The highest BCUT2D eigenvalue weighted by Crippen LogP contribution is 2.41. The fraction of sp³-hybridized carbons (Fsp3) is 0.571. The summed E-state index contributed by atoms with van der Waals surface area (Å²) in [5.74, 6) is 0.718. The van der Waals surface area contributed by atoms with Gasteiger partial charge < -0.3 is 14.0 Å². The second-order valence-corrected chi connectivity index (χ2v) is 6.93. The van der Waals surface area contributed by atoms with E-state index in [2.05, 4.69) is 30.5 Å². The van der Waals surface area contributed by atoms with Crippen LogP contribution in [0, 0.1) is 6.92 Å². The zero-order chi connectivity index (χ0) is 18.0. The lowest BCUT2D eigenvalue weighted by Gasteiger charge is -2.27. The number of esters is 1. The van der Waals surface area contributed by atoms with E-state index in [0.717, 1.165) is 29.5 Å². The number of unbranched alkanes of at least 4 members (excludes halogenated alkanes) is 1. The van der Waals surface area contributed by atoms with Crippen molar-refractivity contribution in [2.75, 3.05) is 13.7 Å². The second kappa shape index (κ2) is 7.51. The van der Waals surface area contributed by atoms with Crippen molar-refractivity contribution in [3.05, 3.63) is 29.0 Å². The first-order chi connectivity index (χ1) is 12.1. The highest BCUT2D eigenvalue weighted by molar-refractivity contribution is 5.93. The molecule has 1 atom stereocenters. The molecule has 25 heavy (non-hydrogen) atoms. The van der Waals surface area contributed by atoms with Gasteiger partial charge in [-0.05, 0) is 56.4 Å². The molecule has 2 heterocycles. The lowest BCUT2D eigenvalue weighted by molar-refractivity contribution is -0.142. The van der Waals surface area contributed by atoms with E-state index in [0.29, 0.717) is 19.1 Å². The first kappa shape index (κ1) is 17.8. The van der Waals surface area contributed by atoms with E-state index in [1.165, 1.54) is 36.0 Å². The minimum Gasteiger partial charge on any atom is -0.497 e. The predicted octanol–water partition coefficient (Wildman–Crippen LogP) is 4.74. The number of methoxy groups -OCH3 is 1. The number of rotatable bonds is 7. The Kier molecular flexibility index (Phi) is 5.36. The van der Waals surface area contributed by atoms with E-state index in [1.54, 1.807) is 7.11 Å². The molecule has 0 saturated heterocycles. The molecule has 136 valence electrons. The van der Waals surface area contributed by atoms with Gasteiger partial charge in [0.1, 0.15) is 5.75 Å². The van der Waals surface area contributed by atoms with Crippen LogP contribution in [0.5, 0.6) is 5.75 Å². The molecule has 1 aromatic heterocycles. The predicted molar refractivity (Wildman–Crippen MR) is 100 cm³/mol. The lowest BCUT2D eigenvalue weighted by atomic mass is 9.95. The van der Waals surface area contributed by atoms with Gasteiger partial charge >= 0.3 is 5.97 Å². The summed E-state index contributed by atoms with van der Waals surface area (Å²) in [6, 6.07) is 4.76. The Morgan fingerprint density at radius 3 is 2.80 bits per heavy atom. The maximum absolute atomic E-state index is 12.2. The minimum atomic E-state index is -0.154. The van der Waals surface area contributed by atoms with Gasteiger partial charge in [-0.15, -0.1) is 0 Å². The van der Waals surface area contributed by atoms with Gasteiger partial charge in [0.2, 0.25) is 0 Å². The number of carbonyl (C=O) groups is 1. The molecule has 0 spiro atoms. The van der Waals surface area contributed by atoms with E-state index in [-0.39, 0.29) is 5.97 Å². The number of ether oxygens (including phenoxy) is 2. The molecule has 0 saturated carbocycles. The highest BCUT2D eigenvalue weighted by atomic mass is 16.5. The van der Waals surface area contributed by atoms with Crippen molar-refractivity contribution in [1.29, 1.82) is 0 Å². The van der Waals surface area contributed by atoms with Crippen molar-refractivity contribution in [2.45, 2.75) is 65.3 Å². The standard InChI is InChI=1S/C21H29NO3/c1-5-7-8-16-10-9-15-11-17(24-4)12-19-18(13-20(23)25-6-2)14(3)22(16)21(15)19/h11-12,16H,5-10,13H2,1-4H3. The summed E-state index contributed by atoms with van der Waals surface area (Å²) in [5.41, 5.74) is 4.93. The van der Waals surface area contributed by atoms with E-state index in [1.807, 2.05) is 6.92 Å². The van der Waals surface area contributed by atoms with Crippen LogP contribution in [0.25, 0.3) is 10.9 Å². The summed E-state index contributed by atoms with van der Waals surface area (Å²) in [7, 11) is 1.70. The first-order valence-electron chi connectivity index (χ1n) is 9.46. The van der Waals surface area contributed by atoms with Gasteiger partial charge in [0.25, 0.3) is 0 Å². The molecule has 0 aliphatic carbocycles. The van der Waals surface area contributed by atoms with Crippen LogP contribution in [0.3, 0.4) is 0 Å². The van der Waals surface area contributed by atoms with Gasteiger partial charge in [0, 0.05) is 17.1 Å². The molecular formula is C21H29NO3. The Morgan fingerprint density at radius 2 is 2.12 bits per heavy atom. The summed E-state index contributed by atoms with van der Waals surface area (Å²) in [5, 5.41) is 1.15. The Bertz CT molecular complexity index is 775. The van der Waals surface area contributed by atoms with Gasteiger partial charge in [-0.2, -0.15) is 0 Å². The van der Waals surface area contributed by atoms with E-state index >= 15 is 0 Å². The van der Waals surface area contributed by atoms with E-state index < -0.39 is 0 Å². The summed E-state index contributed by atoms with van der Waals surface area (Å²) >= 11 is 0. The molecule has 2 aromatic rings. The minimum absolute atomic E-state index is 0.154. The molecule has 0 radical (unpaired) electrons. The van der Waals surface area contributed by atoms with Gasteiger partial charge in [0.05, 0.1) is 25.7 Å². The van der Waals surface area contributed by atoms with Gasteiger partial charge in [-0.25, -0.2) is 0 Å². The Balaban J connectivity index is 2.14. The maximum Gasteiger partial charge on any atom is 0.310 e. The van der Waals surface area contributed by atoms with Crippen molar-refractivity contribution in [1.82, 2.24) is 4.57 Å². The monoisotopic (exact) mass is 343 g/mol. The average Bonchev–Trinajstić information content (AvgIpc) is 2.88. The van der Waals surface area contributed by atoms with Crippen LogP contribution in [0.15, 0.2) is 12.1 Å². The maximum atomic E-state index is 12.2. The average molecular weight is 343 g/mol. The number of aromatic nitrogens is 1. The molecule has 1 aliphatic rings. The van der Waals surface area contributed by atoms with Crippen LogP contribution in [0.4, 0.5) is 0 Å². The summed E-state index contributed by atoms with van der Waals surface area (Å²) in [6.45, 7) is 6.66. The molecule has 3 rings (SSSR count). The fourth-order valence-corrected chi connectivity index (χ4v) is 4.20. The van der Waals surface area contributed by atoms with Crippen LogP contribution in [-0.4, -0.2) is 24.3 Å². The smallest absolute Gasteiger partial charge is 0.310 e. The van der Waals surface area contributed by atoms with Crippen LogP contribution < -0.4 is 4.74 Å². The number of carbonyl (C=O) groups excluding carboxylic acids is 1. The summed E-state index contributed by atoms with van der Waals surface area (Å²) in [6.07, 6.45) is 6.21. The van der Waals surface area contributed by atoms with Crippen molar-refractivity contribution in [2.24, 2.45) is 0 Å². The van der Waals surface area contributed by atoms with E-state index in [9.17, 15) is 4.79 Å². The van der Waals surface area contributed by atoms with Crippen LogP contribution in [0.1, 0.15) is 62.4 Å². The zero-order valence-electron chi connectivity index (χ0n) is 15.9. The Hall–Kier alpha value is -1.97. The molecule has 1 aromatic carbocycles. The van der Waals surface area contributed by atoms with Crippen LogP contribution in [0.2, 0.25) is 0 Å². The molecular weight excluding hydrogens is 314 g/mol. The summed E-state index contributed by atoms with van der Waals surface area (Å²) < 4.78 is 13.2. The van der Waals surface area contributed by atoms with Crippen molar-refractivity contribution < 1.29 is 14.3 Å². The number of benzene rings is 1. The second-order valence-electron chi connectivity index (χ2n) is 6.93. The number of nitrogens with zero attached hydrogens (tertiary/aromatic N) is 1. The SMILES string of the molecule is CCCCC1CCc2cc(OC)cc3c(CC(=O)OCC)c(C)n1c23. The lowest BCUT2D eigenvalue weighted by Crippen LogP contribution is -2.17. The first-order valence-corrected chi connectivity index (χ1v) is 9.46. The zero-order valence-corrected chi connectivity index (χ0v) is 15.9. The molecule has 4 heteroatoms. The third kappa shape index (κ3) is 3.26. The summed E-state index contributed by atoms with van der Waals surface area (Å²) in [4.78, 5) is 12.2. The van der Waals surface area contributed by atoms with Gasteiger partial charge in [-0.3, -0.25) is 4.79 Å². The van der Waals surface area contributed by atoms with E-state index in [4.69, 9.17) is 9.47 Å². The van der Waals surface area contributed by atoms with Crippen molar-refractivity contribution in [3.63, 3.8) is 0 Å². The van der Waals surface area contributed by atoms with Crippen molar-refractivity contribution in [3.8, 4) is 5.75 Å². The Labute approximate surface area is 150 Å². The molecule has 0 fully saturated rings. The fourth-order valence-electron chi connectivity index (χ4n) is 4.20. The van der Waals surface area contributed by atoms with Crippen molar-refractivity contribution >= 4 is 16.9 Å². The molecule has 0 amide bonds. The normalized spacial score (nSPS) is 16.2. The number of hydrogen-bond acceptors (Lipinski definition) is 3. The van der Waals surface area contributed by atoms with Crippen LogP contribution >= 0.6 is 0 Å². The Morgan fingerprint density at radius 1 is 1.32 bits per heavy atom. The topological polar surface area (TPSA) is 40.5 Å². The quantitative estimate of drug-likeness (QED) is 0.682.